The number of nitrogens with two attached hydrogens (primary N) is 1. The average Bonchev–Trinajstić information content (AvgIpc) is 3.31. The van der Waals surface area contributed by atoms with E-state index in [0.29, 0.717) is 22.4 Å². The van der Waals surface area contributed by atoms with E-state index in [-0.39, 0.29) is 5.63 Å². The zero-order valence-electron chi connectivity index (χ0n) is 13.6. The minimum Gasteiger partial charge on any atom is -0.423 e. The van der Waals surface area contributed by atoms with Crippen molar-refractivity contribution in [3.63, 3.8) is 0 Å². The molecule has 2 heterocycles. The lowest BCUT2D eigenvalue weighted by Gasteiger charge is -2.08. The number of fused-ring (bicyclic) bond motifs is 1. The van der Waals surface area contributed by atoms with Gasteiger partial charge < -0.3 is 10.3 Å². The highest BCUT2D eigenvalue weighted by Gasteiger charge is 2.29. The molecule has 1 saturated carbocycles. The van der Waals surface area contributed by atoms with E-state index in [1.165, 1.54) is 17.3 Å². The minimum atomic E-state index is -0.339. The molecule has 0 aliphatic heterocycles. The van der Waals surface area contributed by atoms with Gasteiger partial charge >= 0.3 is 5.63 Å². The predicted octanol–water partition coefficient (Wildman–Crippen LogP) is 2.88. The smallest absolute Gasteiger partial charge is 0.336 e. The van der Waals surface area contributed by atoms with E-state index in [1.807, 2.05) is 13.0 Å². The van der Waals surface area contributed by atoms with Crippen molar-refractivity contribution in [3.8, 4) is 0 Å². The first kappa shape index (κ1) is 15.3. The molecule has 2 N–H and O–H groups in total. The van der Waals surface area contributed by atoms with Crippen LogP contribution in [0.15, 0.2) is 32.6 Å². The van der Waals surface area contributed by atoms with Crippen molar-refractivity contribution in [1.29, 1.82) is 0 Å². The number of thioether (sulfide) groups is 1. The van der Waals surface area contributed by atoms with Crippen LogP contribution in [-0.2, 0) is 5.75 Å². The number of hydrogen-bond acceptors (Lipinski definition) is 6. The van der Waals surface area contributed by atoms with Crippen LogP contribution in [0.5, 0.6) is 0 Å². The molecule has 1 aliphatic rings. The van der Waals surface area contributed by atoms with Gasteiger partial charge in [-0.3, -0.25) is 0 Å². The summed E-state index contributed by atoms with van der Waals surface area (Å²) in [7, 11) is 0. The van der Waals surface area contributed by atoms with Crippen molar-refractivity contribution >= 4 is 22.7 Å². The molecule has 1 aliphatic carbocycles. The fourth-order valence-corrected chi connectivity index (χ4v) is 3.61. The Hall–Kier alpha value is -2.28. The molecule has 0 radical (unpaired) electrons. The summed E-state index contributed by atoms with van der Waals surface area (Å²) >= 11 is 1.48. The van der Waals surface area contributed by atoms with Crippen LogP contribution in [0.25, 0.3) is 11.0 Å². The second-order valence-electron chi connectivity index (χ2n) is 6.30. The summed E-state index contributed by atoms with van der Waals surface area (Å²) in [5.41, 5.74) is 3.47. The van der Waals surface area contributed by atoms with Gasteiger partial charge in [-0.2, -0.15) is 0 Å². The fourth-order valence-electron chi connectivity index (χ4n) is 2.75. The number of aromatic nitrogens is 3. The lowest BCUT2D eigenvalue weighted by atomic mass is 10.0. The monoisotopic (exact) mass is 342 g/mol. The molecule has 0 unspecified atom stereocenters. The van der Waals surface area contributed by atoms with E-state index >= 15 is 0 Å². The van der Waals surface area contributed by atoms with Crippen molar-refractivity contribution in [1.82, 2.24) is 14.9 Å². The zero-order valence-corrected chi connectivity index (χ0v) is 14.4. The SMILES string of the molecule is Cc1cc2oc(=O)cc(CSc3nnc(C4CC4)n3N)c2cc1C. The fraction of sp³-hybridized carbons (Fsp3) is 0.353. The number of nitrogen functional groups attached to an aromatic ring is 1. The topological polar surface area (TPSA) is 86.9 Å². The van der Waals surface area contributed by atoms with Gasteiger partial charge in [0.2, 0.25) is 5.16 Å². The molecule has 1 aromatic carbocycles. The van der Waals surface area contributed by atoms with Gasteiger partial charge in [0.1, 0.15) is 5.58 Å². The lowest BCUT2D eigenvalue weighted by molar-refractivity contribution is 0.559. The molecule has 0 saturated heterocycles. The molecule has 0 atom stereocenters. The van der Waals surface area contributed by atoms with Crippen molar-refractivity contribution in [2.24, 2.45) is 0 Å². The molecule has 24 heavy (non-hydrogen) atoms. The maximum absolute atomic E-state index is 11.8. The highest BCUT2D eigenvalue weighted by molar-refractivity contribution is 7.98. The van der Waals surface area contributed by atoms with E-state index in [2.05, 4.69) is 23.2 Å². The van der Waals surface area contributed by atoms with E-state index in [0.717, 1.165) is 35.2 Å². The summed E-state index contributed by atoms with van der Waals surface area (Å²) in [4.78, 5) is 11.8. The summed E-state index contributed by atoms with van der Waals surface area (Å²) in [6.07, 6.45) is 2.26. The Bertz CT molecular complexity index is 988. The number of rotatable bonds is 4. The molecule has 1 fully saturated rings. The molecule has 124 valence electrons. The van der Waals surface area contributed by atoms with Gasteiger partial charge in [-0.25, -0.2) is 9.47 Å². The maximum Gasteiger partial charge on any atom is 0.336 e. The molecule has 0 amide bonds. The second-order valence-corrected chi connectivity index (χ2v) is 7.24. The largest absolute Gasteiger partial charge is 0.423 e. The Morgan fingerprint density at radius 2 is 2.00 bits per heavy atom. The molecule has 3 aromatic rings. The Morgan fingerprint density at radius 1 is 1.25 bits per heavy atom. The van der Waals surface area contributed by atoms with Crippen LogP contribution in [0, 0.1) is 13.8 Å². The first-order valence-electron chi connectivity index (χ1n) is 7.90. The molecule has 0 spiro atoms. The molecule has 4 rings (SSSR count). The van der Waals surface area contributed by atoms with Crippen LogP contribution < -0.4 is 11.5 Å². The van der Waals surface area contributed by atoms with Crippen LogP contribution >= 0.6 is 11.8 Å². The lowest BCUT2D eigenvalue weighted by Crippen LogP contribution is -2.13. The number of benzene rings is 1. The van der Waals surface area contributed by atoms with E-state index in [1.54, 1.807) is 10.7 Å². The predicted molar refractivity (Wildman–Crippen MR) is 93.7 cm³/mol. The van der Waals surface area contributed by atoms with Gasteiger partial charge in [0.15, 0.2) is 5.82 Å². The summed E-state index contributed by atoms with van der Waals surface area (Å²) in [5.74, 6) is 7.97. The Morgan fingerprint density at radius 3 is 2.75 bits per heavy atom. The van der Waals surface area contributed by atoms with Crippen molar-refractivity contribution in [3.05, 3.63) is 51.1 Å². The second kappa shape index (κ2) is 5.66. The van der Waals surface area contributed by atoms with Crippen LogP contribution in [0.4, 0.5) is 0 Å². The number of nitrogens with zero attached hydrogens (tertiary/aromatic N) is 3. The van der Waals surface area contributed by atoms with E-state index in [4.69, 9.17) is 10.3 Å². The number of hydrogen-bond donors (Lipinski definition) is 1. The van der Waals surface area contributed by atoms with Gasteiger partial charge in [0, 0.05) is 23.1 Å². The van der Waals surface area contributed by atoms with Gasteiger partial charge in [-0.05, 0) is 55.5 Å². The first-order valence-corrected chi connectivity index (χ1v) is 8.88. The summed E-state index contributed by atoms with van der Waals surface area (Å²) in [6.45, 7) is 4.06. The van der Waals surface area contributed by atoms with Gasteiger partial charge in [-0.1, -0.05) is 11.8 Å². The molecular weight excluding hydrogens is 324 g/mol. The summed E-state index contributed by atoms with van der Waals surface area (Å²) in [6, 6.07) is 5.52. The average molecular weight is 342 g/mol. The van der Waals surface area contributed by atoms with Crippen LogP contribution in [0.2, 0.25) is 0 Å². The van der Waals surface area contributed by atoms with Crippen molar-refractivity contribution in [2.75, 3.05) is 5.84 Å². The quantitative estimate of drug-likeness (QED) is 0.446. The standard InChI is InChI=1S/C17H18N4O2S/c1-9-5-13-12(7-15(22)23-14(13)6-10(9)2)8-24-17-20-19-16(21(17)18)11-3-4-11/h5-7,11H,3-4,8,18H2,1-2H3. The van der Waals surface area contributed by atoms with Crippen molar-refractivity contribution in [2.45, 2.75) is 43.5 Å². The van der Waals surface area contributed by atoms with Crippen molar-refractivity contribution < 1.29 is 4.42 Å². The van der Waals surface area contributed by atoms with E-state index < -0.39 is 0 Å². The minimum absolute atomic E-state index is 0.339. The normalized spacial score (nSPS) is 14.4. The van der Waals surface area contributed by atoms with Crippen LogP contribution in [0.3, 0.4) is 0 Å². The third-order valence-corrected chi connectivity index (χ3v) is 5.43. The molecule has 7 heteroatoms. The zero-order chi connectivity index (χ0) is 16.8. The molecule has 0 bridgehead atoms. The molecular formula is C17H18N4O2S. The Labute approximate surface area is 143 Å². The van der Waals surface area contributed by atoms with Gasteiger partial charge in [0.25, 0.3) is 0 Å². The highest BCUT2D eigenvalue weighted by atomic mass is 32.2. The summed E-state index contributed by atoms with van der Waals surface area (Å²) in [5, 5.41) is 9.98. The Kier molecular flexibility index (Phi) is 3.60. The van der Waals surface area contributed by atoms with Gasteiger partial charge in [0.05, 0.1) is 0 Å². The third-order valence-electron chi connectivity index (χ3n) is 4.43. The first-order chi connectivity index (χ1) is 11.5. The molecule has 6 nitrogen and oxygen atoms in total. The highest BCUT2D eigenvalue weighted by Crippen LogP contribution is 2.39. The number of aryl methyl sites for hydroxylation is 2. The van der Waals surface area contributed by atoms with Gasteiger partial charge in [-0.15, -0.1) is 10.2 Å². The molecule has 2 aromatic heterocycles. The maximum atomic E-state index is 11.8. The van der Waals surface area contributed by atoms with Crippen LogP contribution in [-0.4, -0.2) is 14.9 Å². The third kappa shape index (κ3) is 2.69. The van der Waals surface area contributed by atoms with Crippen LogP contribution in [0.1, 0.15) is 41.3 Å². The Balaban J connectivity index is 1.67. The summed E-state index contributed by atoms with van der Waals surface area (Å²) < 4.78 is 6.91. The van der Waals surface area contributed by atoms with E-state index in [9.17, 15) is 4.79 Å².